The van der Waals surface area contributed by atoms with Crippen LogP contribution in [0.2, 0.25) is 0 Å². The molecule has 5 nitrogen and oxygen atoms in total. The van der Waals surface area contributed by atoms with Gasteiger partial charge in [0.2, 0.25) is 0 Å². The van der Waals surface area contributed by atoms with Crippen LogP contribution in [0, 0.1) is 0 Å². The Kier molecular flexibility index (Phi) is 3.96. The van der Waals surface area contributed by atoms with Crippen LogP contribution in [0.25, 0.3) is 0 Å². The molecule has 1 atom stereocenters. The number of ketones is 1. The first-order chi connectivity index (χ1) is 5.43. The Morgan fingerprint density at radius 2 is 1.92 bits per heavy atom. The van der Waals surface area contributed by atoms with Crippen LogP contribution in [0.3, 0.4) is 0 Å². The lowest BCUT2D eigenvalue weighted by molar-refractivity contribution is -0.163. The van der Waals surface area contributed by atoms with Gasteiger partial charge in [0.25, 0.3) is 0 Å². The van der Waals surface area contributed by atoms with Crippen molar-refractivity contribution >= 4 is 17.7 Å². The maximum Gasteiger partial charge on any atom is 0.344 e. The highest BCUT2D eigenvalue weighted by Crippen LogP contribution is 1.95. The third-order valence-corrected chi connectivity index (χ3v) is 1.05. The Bertz CT molecular complexity index is 208. The zero-order chi connectivity index (χ0) is 9.72. The summed E-state index contributed by atoms with van der Waals surface area (Å²) < 4.78 is 4.36. The van der Waals surface area contributed by atoms with Crippen LogP contribution in [-0.2, 0) is 19.1 Å². The van der Waals surface area contributed by atoms with Gasteiger partial charge in [-0.2, -0.15) is 0 Å². The number of esters is 1. The number of hydrogen-bond donors (Lipinski definition) is 1. The lowest BCUT2D eigenvalue weighted by Crippen LogP contribution is -2.24. The third-order valence-electron chi connectivity index (χ3n) is 1.05. The van der Waals surface area contributed by atoms with E-state index in [1.54, 1.807) is 0 Å². The molecule has 0 aliphatic rings. The molecule has 0 aromatic rings. The molecule has 0 aliphatic heterocycles. The smallest absolute Gasteiger partial charge is 0.344 e. The Morgan fingerprint density at radius 3 is 2.25 bits per heavy atom. The predicted molar refractivity (Wildman–Crippen MR) is 38.5 cm³/mol. The van der Waals surface area contributed by atoms with Crippen molar-refractivity contribution in [2.75, 3.05) is 0 Å². The van der Waals surface area contributed by atoms with Gasteiger partial charge in [0.1, 0.15) is 12.2 Å². The fourth-order valence-corrected chi connectivity index (χ4v) is 0.493. The average Bonchev–Trinajstić information content (AvgIpc) is 1.84. The predicted octanol–water partition coefficient (Wildman–Crippen LogP) is -0.0182. The minimum absolute atomic E-state index is 0.349. The van der Waals surface area contributed by atoms with E-state index in [0.717, 1.165) is 0 Å². The van der Waals surface area contributed by atoms with E-state index in [4.69, 9.17) is 5.11 Å². The molecule has 5 heteroatoms. The van der Waals surface area contributed by atoms with Gasteiger partial charge in [0, 0.05) is 0 Å². The number of rotatable bonds is 4. The first-order valence-electron chi connectivity index (χ1n) is 3.35. The SMILES string of the molecule is CC(=O)CC(=O)O[C@H](C)C(=O)O. The number of carbonyl (C=O) groups is 3. The van der Waals surface area contributed by atoms with Crippen molar-refractivity contribution in [2.24, 2.45) is 0 Å². The molecule has 0 heterocycles. The summed E-state index contributed by atoms with van der Waals surface area (Å²) in [7, 11) is 0. The highest BCUT2D eigenvalue weighted by Gasteiger charge is 2.16. The monoisotopic (exact) mass is 174 g/mol. The zero-order valence-electron chi connectivity index (χ0n) is 6.86. The Balaban J connectivity index is 3.85. The number of hydrogen-bond acceptors (Lipinski definition) is 4. The van der Waals surface area contributed by atoms with Crippen molar-refractivity contribution in [2.45, 2.75) is 26.4 Å². The number of aliphatic carboxylic acids is 1. The van der Waals surface area contributed by atoms with Crippen molar-refractivity contribution in [1.82, 2.24) is 0 Å². The standard InChI is InChI=1S/C7H10O5/c1-4(8)3-6(9)12-5(2)7(10)11/h5H,3H2,1-2H3,(H,10,11)/t5-/m1/s1. The van der Waals surface area contributed by atoms with Gasteiger partial charge in [-0.05, 0) is 13.8 Å². The molecule has 0 saturated heterocycles. The van der Waals surface area contributed by atoms with E-state index in [2.05, 4.69) is 4.74 Å². The summed E-state index contributed by atoms with van der Waals surface area (Å²) in [4.78, 5) is 31.2. The van der Waals surface area contributed by atoms with Crippen LogP contribution in [0.1, 0.15) is 20.3 Å². The average molecular weight is 174 g/mol. The molecule has 0 unspecified atom stereocenters. The van der Waals surface area contributed by atoms with Gasteiger partial charge in [0.15, 0.2) is 6.10 Å². The molecule has 0 aromatic heterocycles. The summed E-state index contributed by atoms with van der Waals surface area (Å²) >= 11 is 0. The van der Waals surface area contributed by atoms with E-state index < -0.39 is 18.0 Å². The fourth-order valence-electron chi connectivity index (χ4n) is 0.493. The second-order valence-corrected chi connectivity index (χ2v) is 2.35. The van der Waals surface area contributed by atoms with Gasteiger partial charge in [-0.25, -0.2) is 4.79 Å². The van der Waals surface area contributed by atoms with Crippen molar-refractivity contribution in [3.05, 3.63) is 0 Å². The molecule has 0 fully saturated rings. The normalized spacial score (nSPS) is 11.8. The summed E-state index contributed by atoms with van der Waals surface area (Å²) in [5.41, 5.74) is 0. The van der Waals surface area contributed by atoms with Gasteiger partial charge in [-0.3, -0.25) is 9.59 Å². The fraction of sp³-hybridized carbons (Fsp3) is 0.571. The highest BCUT2D eigenvalue weighted by molar-refractivity contribution is 5.94. The number of carboxylic acids is 1. The second-order valence-electron chi connectivity index (χ2n) is 2.35. The number of carboxylic acid groups (broad SMARTS) is 1. The molecule has 0 spiro atoms. The Hall–Kier alpha value is -1.39. The van der Waals surface area contributed by atoms with Crippen molar-refractivity contribution in [1.29, 1.82) is 0 Å². The molecule has 68 valence electrons. The van der Waals surface area contributed by atoms with Crippen LogP contribution >= 0.6 is 0 Å². The summed E-state index contributed by atoms with van der Waals surface area (Å²) in [5, 5.41) is 8.30. The Morgan fingerprint density at radius 1 is 1.42 bits per heavy atom. The molecule has 12 heavy (non-hydrogen) atoms. The van der Waals surface area contributed by atoms with Crippen LogP contribution in [0.4, 0.5) is 0 Å². The van der Waals surface area contributed by atoms with Crippen LogP contribution in [-0.4, -0.2) is 28.9 Å². The van der Waals surface area contributed by atoms with Gasteiger partial charge < -0.3 is 9.84 Å². The van der Waals surface area contributed by atoms with E-state index >= 15 is 0 Å². The molecule has 0 aliphatic carbocycles. The highest BCUT2D eigenvalue weighted by atomic mass is 16.6. The van der Waals surface area contributed by atoms with Gasteiger partial charge >= 0.3 is 11.9 Å². The topological polar surface area (TPSA) is 80.7 Å². The molecule has 0 rings (SSSR count). The molecule has 0 bridgehead atoms. The van der Waals surface area contributed by atoms with Crippen LogP contribution in [0.15, 0.2) is 0 Å². The van der Waals surface area contributed by atoms with Gasteiger partial charge in [0.05, 0.1) is 0 Å². The van der Waals surface area contributed by atoms with Gasteiger partial charge in [-0.15, -0.1) is 0 Å². The van der Waals surface area contributed by atoms with E-state index in [-0.39, 0.29) is 12.2 Å². The summed E-state index contributed by atoms with van der Waals surface area (Å²) in [6.45, 7) is 2.45. The quantitative estimate of drug-likeness (QED) is 0.478. The third kappa shape index (κ3) is 4.43. The van der Waals surface area contributed by atoms with Crippen molar-refractivity contribution in [3.63, 3.8) is 0 Å². The zero-order valence-corrected chi connectivity index (χ0v) is 6.86. The van der Waals surface area contributed by atoms with E-state index in [1.165, 1.54) is 13.8 Å². The van der Waals surface area contributed by atoms with Crippen molar-refractivity contribution in [3.8, 4) is 0 Å². The lowest BCUT2D eigenvalue weighted by atomic mass is 10.3. The first-order valence-corrected chi connectivity index (χ1v) is 3.35. The van der Waals surface area contributed by atoms with Crippen molar-refractivity contribution < 1.29 is 24.2 Å². The van der Waals surface area contributed by atoms with Crippen LogP contribution < -0.4 is 0 Å². The van der Waals surface area contributed by atoms with E-state index in [1.807, 2.05) is 0 Å². The summed E-state index contributed by atoms with van der Waals surface area (Å²) in [6.07, 6.45) is -1.57. The summed E-state index contributed by atoms with van der Waals surface area (Å²) in [5.74, 6) is -2.39. The number of carbonyl (C=O) groups excluding carboxylic acids is 2. The minimum atomic E-state index is -1.23. The molecule has 0 amide bonds. The second kappa shape index (κ2) is 4.48. The molecule has 0 saturated carbocycles. The van der Waals surface area contributed by atoms with E-state index in [0.29, 0.717) is 0 Å². The number of Topliss-reactive ketones (excluding diaryl/α,β-unsaturated/α-hetero) is 1. The molecule has 0 radical (unpaired) electrons. The Labute approximate surface area is 69.3 Å². The number of ether oxygens (including phenoxy) is 1. The molecule has 0 aromatic carbocycles. The molecular weight excluding hydrogens is 164 g/mol. The maximum absolute atomic E-state index is 10.7. The lowest BCUT2D eigenvalue weighted by Gasteiger charge is -2.06. The first kappa shape index (κ1) is 10.6. The van der Waals surface area contributed by atoms with Crippen LogP contribution in [0.5, 0.6) is 0 Å². The minimum Gasteiger partial charge on any atom is -0.479 e. The van der Waals surface area contributed by atoms with E-state index in [9.17, 15) is 14.4 Å². The van der Waals surface area contributed by atoms with Gasteiger partial charge in [-0.1, -0.05) is 0 Å². The molecule has 1 N–H and O–H groups in total. The molecular formula is C7H10O5. The maximum atomic E-state index is 10.7. The summed E-state index contributed by atoms with van der Waals surface area (Å²) in [6, 6.07) is 0. The largest absolute Gasteiger partial charge is 0.479 e.